The molecule has 0 unspecified atom stereocenters. The van der Waals surface area contributed by atoms with Gasteiger partial charge in [0.25, 0.3) is 0 Å². The summed E-state index contributed by atoms with van der Waals surface area (Å²) in [6, 6.07) is 1.90. The molecule has 112 valence electrons. The van der Waals surface area contributed by atoms with Gasteiger partial charge in [-0.05, 0) is 29.5 Å². The minimum absolute atomic E-state index is 0.00716. The van der Waals surface area contributed by atoms with Crippen LogP contribution in [0.2, 0.25) is 0 Å². The zero-order valence-corrected chi connectivity index (χ0v) is 12.3. The molecule has 0 bridgehead atoms. The summed E-state index contributed by atoms with van der Waals surface area (Å²) in [5.41, 5.74) is 0.153. The lowest BCUT2D eigenvalue weighted by Crippen LogP contribution is -2.42. The lowest BCUT2D eigenvalue weighted by atomic mass is 10.0. The summed E-state index contributed by atoms with van der Waals surface area (Å²) < 4.78 is 0. The van der Waals surface area contributed by atoms with Gasteiger partial charge in [-0.3, -0.25) is 4.79 Å². The van der Waals surface area contributed by atoms with E-state index in [1.807, 2.05) is 16.8 Å². The van der Waals surface area contributed by atoms with E-state index in [9.17, 15) is 9.90 Å². The summed E-state index contributed by atoms with van der Waals surface area (Å²) in [5.74, 6) is 0.295. The van der Waals surface area contributed by atoms with E-state index >= 15 is 0 Å². The molecule has 0 radical (unpaired) electrons. The monoisotopic (exact) mass is 307 g/mol. The maximum absolute atomic E-state index is 11.9. The number of hydrogen-bond acceptors (Lipinski definition) is 6. The molecule has 1 aliphatic carbocycles. The molecular weight excluding hydrogens is 290 g/mol. The van der Waals surface area contributed by atoms with Crippen LogP contribution in [0.15, 0.2) is 16.8 Å². The Balaban J connectivity index is 1.53. The Hall–Kier alpha value is -1.80. The van der Waals surface area contributed by atoms with E-state index in [0.29, 0.717) is 5.82 Å². The summed E-state index contributed by atoms with van der Waals surface area (Å²) >= 11 is 1.56. The second kappa shape index (κ2) is 5.90. The van der Waals surface area contributed by atoms with E-state index < -0.39 is 5.60 Å². The molecule has 2 aromatic rings. The van der Waals surface area contributed by atoms with Gasteiger partial charge in [0, 0.05) is 17.5 Å². The van der Waals surface area contributed by atoms with Gasteiger partial charge in [-0.2, -0.15) is 16.1 Å². The molecule has 0 spiro atoms. The van der Waals surface area contributed by atoms with E-state index in [-0.39, 0.29) is 19.0 Å². The number of aliphatic hydroxyl groups is 1. The van der Waals surface area contributed by atoms with Crippen LogP contribution in [0, 0.1) is 0 Å². The van der Waals surface area contributed by atoms with Crippen LogP contribution in [0.1, 0.15) is 25.7 Å². The minimum Gasteiger partial charge on any atom is -0.388 e. The quantitative estimate of drug-likeness (QED) is 0.853. The Bertz CT molecular complexity index is 604. The second-order valence-electron chi connectivity index (χ2n) is 5.36. The average Bonchev–Trinajstić information content (AvgIpc) is 3.17. The van der Waals surface area contributed by atoms with Crippen molar-refractivity contribution in [1.29, 1.82) is 0 Å². The number of carbonyl (C=O) groups is 1. The molecule has 0 aromatic carbocycles. The SMILES string of the molecule is O=C(Cn1nnc(-c2ccsc2)n1)NCC1(O)CCCC1. The molecule has 1 fully saturated rings. The summed E-state index contributed by atoms with van der Waals surface area (Å²) in [5, 5.41) is 28.7. The molecule has 2 N–H and O–H groups in total. The molecule has 1 aliphatic rings. The second-order valence-corrected chi connectivity index (χ2v) is 6.14. The normalized spacial score (nSPS) is 17.0. The van der Waals surface area contributed by atoms with Gasteiger partial charge in [-0.1, -0.05) is 12.8 Å². The van der Waals surface area contributed by atoms with Crippen LogP contribution < -0.4 is 5.32 Å². The third-order valence-electron chi connectivity index (χ3n) is 3.67. The highest BCUT2D eigenvalue weighted by Crippen LogP contribution is 2.28. The highest BCUT2D eigenvalue weighted by atomic mass is 32.1. The Morgan fingerprint density at radius 3 is 3.00 bits per heavy atom. The number of rotatable bonds is 5. The van der Waals surface area contributed by atoms with Gasteiger partial charge in [-0.25, -0.2) is 0 Å². The number of aromatic nitrogens is 4. The van der Waals surface area contributed by atoms with Crippen LogP contribution in [0.3, 0.4) is 0 Å². The molecule has 8 heteroatoms. The van der Waals surface area contributed by atoms with E-state index in [1.165, 1.54) is 4.80 Å². The first-order valence-corrected chi connectivity index (χ1v) is 7.88. The summed E-state index contributed by atoms with van der Waals surface area (Å²) in [6.45, 7) is 0.297. The van der Waals surface area contributed by atoms with Crippen molar-refractivity contribution in [3.8, 4) is 11.4 Å². The predicted octanol–water partition coefficient (Wildman–Crippen LogP) is 0.823. The van der Waals surface area contributed by atoms with Crippen LogP contribution in [0.5, 0.6) is 0 Å². The van der Waals surface area contributed by atoms with Crippen molar-refractivity contribution in [3.63, 3.8) is 0 Å². The molecule has 7 nitrogen and oxygen atoms in total. The van der Waals surface area contributed by atoms with E-state index in [1.54, 1.807) is 11.3 Å². The van der Waals surface area contributed by atoms with E-state index in [2.05, 4.69) is 20.7 Å². The number of nitrogens with zero attached hydrogens (tertiary/aromatic N) is 4. The third kappa shape index (κ3) is 3.45. The highest BCUT2D eigenvalue weighted by Gasteiger charge is 2.31. The fraction of sp³-hybridized carbons (Fsp3) is 0.538. The molecule has 0 aliphatic heterocycles. The van der Waals surface area contributed by atoms with Crippen molar-refractivity contribution < 1.29 is 9.90 Å². The summed E-state index contributed by atoms with van der Waals surface area (Å²) in [6.07, 6.45) is 3.52. The predicted molar refractivity (Wildman–Crippen MR) is 77.6 cm³/mol. The fourth-order valence-electron chi connectivity index (χ4n) is 2.47. The molecule has 21 heavy (non-hydrogen) atoms. The molecule has 2 aromatic heterocycles. The summed E-state index contributed by atoms with van der Waals surface area (Å²) in [4.78, 5) is 13.1. The van der Waals surface area contributed by atoms with Crippen molar-refractivity contribution in [2.24, 2.45) is 0 Å². The van der Waals surface area contributed by atoms with Gasteiger partial charge >= 0.3 is 0 Å². The number of hydrogen-bond donors (Lipinski definition) is 2. The van der Waals surface area contributed by atoms with Crippen molar-refractivity contribution >= 4 is 17.2 Å². The average molecular weight is 307 g/mol. The fourth-order valence-corrected chi connectivity index (χ4v) is 3.11. The van der Waals surface area contributed by atoms with E-state index in [0.717, 1.165) is 31.2 Å². The van der Waals surface area contributed by atoms with Crippen LogP contribution >= 0.6 is 11.3 Å². The lowest BCUT2D eigenvalue weighted by molar-refractivity contribution is -0.123. The first-order chi connectivity index (χ1) is 10.1. The largest absolute Gasteiger partial charge is 0.388 e. The van der Waals surface area contributed by atoms with Gasteiger partial charge in [0.15, 0.2) is 0 Å². The Kier molecular flexibility index (Phi) is 3.98. The zero-order chi connectivity index (χ0) is 14.7. The number of nitrogens with one attached hydrogen (secondary N) is 1. The molecule has 0 saturated heterocycles. The smallest absolute Gasteiger partial charge is 0.243 e. The molecule has 0 atom stereocenters. The molecule has 1 saturated carbocycles. The van der Waals surface area contributed by atoms with E-state index in [4.69, 9.17) is 0 Å². The first-order valence-electron chi connectivity index (χ1n) is 6.94. The number of amides is 1. The van der Waals surface area contributed by atoms with Crippen LogP contribution in [-0.2, 0) is 11.3 Å². The topological polar surface area (TPSA) is 92.9 Å². The highest BCUT2D eigenvalue weighted by molar-refractivity contribution is 7.08. The maximum atomic E-state index is 11.9. The zero-order valence-electron chi connectivity index (χ0n) is 11.5. The van der Waals surface area contributed by atoms with Crippen molar-refractivity contribution in [2.45, 2.75) is 37.8 Å². The standard InChI is InChI=1S/C13H17N5O2S/c19-11(14-9-13(20)4-1-2-5-13)7-18-16-12(15-17-18)10-3-6-21-8-10/h3,6,8,20H,1-2,4-5,7,9H2,(H,14,19). The van der Waals surface area contributed by atoms with Gasteiger partial charge in [0.1, 0.15) is 6.54 Å². The van der Waals surface area contributed by atoms with Crippen molar-refractivity contribution in [3.05, 3.63) is 16.8 Å². The number of thiophene rings is 1. The molecule has 3 rings (SSSR count). The summed E-state index contributed by atoms with van der Waals surface area (Å²) in [7, 11) is 0. The van der Waals surface area contributed by atoms with Crippen LogP contribution in [-0.4, -0.2) is 43.4 Å². The molecule has 2 heterocycles. The third-order valence-corrected chi connectivity index (χ3v) is 4.35. The van der Waals surface area contributed by atoms with Crippen LogP contribution in [0.25, 0.3) is 11.4 Å². The Morgan fingerprint density at radius 2 is 2.29 bits per heavy atom. The number of carbonyl (C=O) groups excluding carboxylic acids is 1. The van der Waals surface area contributed by atoms with Gasteiger partial charge in [-0.15, -0.1) is 10.2 Å². The van der Waals surface area contributed by atoms with Crippen molar-refractivity contribution in [2.75, 3.05) is 6.54 Å². The minimum atomic E-state index is -0.743. The van der Waals surface area contributed by atoms with Crippen LogP contribution in [0.4, 0.5) is 0 Å². The number of tetrazole rings is 1. The first kappa shape index (κ1) is 14.2. The Morgan fingerprint density at radius 1 is 1.48 bits per heavy atom. The van der Waals surface area contributed by atoms with Gasteiger partial charge in [0.2, 0.25) is 11.7 Å². The molecule has 1 amide bonds. The van der Waals surface area contributed by atoms with Gasteiger partial charge in [0.05, 0.1) is 5.60 Å². The molecular formula is C13H17N5O2S. The van der Waals surface area contributed by atoms with Crippen molar-refractivity contribution in [1.82, 2.24) is 25.5 Å². The maximum Gasteiger partial charge on any atom is 0.243 e. The Labute approximate surface area is 126 Å². The van der Waals surface area contributed by atoms with Gasteiger partial charge < -0.3 is 10.4 Å². The lowest BCUT2D eigenvalue weighted by Gasteiger charge is -2.22.